The lowest BCUT2D eigenvalue weighted by Gasteiger charge is -2.24. The van der Waals surface area contributed by atoms with Crippen molar-refractivity contribution >= 4 is 35.0 Å². The minimum Gasteiger partial charge on any atom is -0.475 e. The van der Waals surface area contributed by atoms with Crippen molar-refractivity contribution in [1.29, 1.82) is 0 Å². The lowest BCUT2D eigenvalue weighted by molar-refractivity contribution is -0.192. The number of thioether (sulfide) groups is 1. The monoisotopic (exact) mass is 490 g/mol. The summed E-state index contributed by atoms with van der Waals surface area (Å²) in [6.45, 7) is 2.00. The molecule has 1 fully saturated rings. The highest BCUT2D eigenvalue weighted by Crippen LogP contribution is 2.25. The zero-order valence-corrected chi connectivity index (χ0v) is 18.0. The Bertz CT molecular complexity index is 1150. The van der Waals surface area contributed by atoms with E-state index in [0.717, 1.165) is 31.1 Å². The Morgan fingerprint density at radius 3 is 2.78 bits per heavy atom. The topological polar surface area (TPSA) is 114 Å². The van der Waals surface area contributed by atoms with Gasteiger partial charge in [0.1, 0.15) is 12.0 Å². The standard InChI is InChI=1S/C16H17ClN6OS.C2HF3O2/c17-11-3-4-14-20-12(6-15(24)22(14)8-11)9-25-16-21-19-10-23(16)13-2-1-5-18-7-13;3-2(4,5)1(6)7/h3-4,6,8,10,13,18H,1-2,5,7,9H2;(H,6,7). The maximum Gasteiger partial charge on any atom is 0.490 e. The number of aliphatic carboxylic acids is 1. The zero-order chi connectivity index (χ0) is 23.3. The Kier molecular flexibility index (Phi) is 7.74. The van der Waals surface area contributed by atoms with Crippen LogP contribution < -0.4 is 10.9 Å². The third-order valence-electron chi connectivity index (χ3n) is 4.47. The van der Waals surface area contributed by atoms with Gasteiger partial charge in [0.05, 0.1) is 10.7 Å². The molecule has 1 aliphatic rings. The van der Waals surface area contributed by atoms with Crippen molar-refractivity contribution in [1.82, 2.24) is 29.5 Å². The van der Waals surface area contributed by atoms with Gasteiger partial charge in [-0.05, 0) is 31.5 Å². The molecule has 0 radical (unpaired) electrons. The molecule has 3 aromatic heterocycles. The van der Waals surface area contributed by atoms with E-state index < -0.39 is 12.1 Å². The molecule has 32 heavy (non-hydrogen) atoms. The van der Waals surface area contributed by atoms with Crippen LogP contribution >= 0.6 is 23.4 Å². The molecular weight excluding hydrogens is 473 g/mol. The fourth-order valence-corrected chi connectivity index (χ4v) is 4.03. The number of halogens is 4. The molecule has 4 rings (SSSR count). The van der Waals surface area contributed by atoms with Crippen LogP contribution in [0.25, 0.3) is 5.65 Å². The first kappa shape index (κ1) is 24.0. The fourth-order valence-electron chi connectivity index (χ4n) is 3.00. The fraction of sp³-hybridized carbons (Fsp3) is 0.389. The van der Waals surface area contributed by atoms with E-state index in [-0.39, 0.29) is 5.56 Å². The molecule has 0 amide bonds. The third kappa shape index (κ3) is 6.20. The third-order valence-corrected chi connectivity index (χ3v) is 5.69. The van der Waals surface area contributed by atoms with Gasteiger partial charge in [0.25, 0.3) is 5.56 Å². The van der Waals surface area contributed by atoms with Crippen LogP contribution in [-0.4, -0.2) is 54.5 Å². The molecule has 0 bridgehead atoms. The van der Waals surface area contributed by atoms with Crippen LogP contribution in [0.4, 0.5) is 13.2 Å². The molecule has 1 unspecified atom stereocenters. The number of carboxylic acids is 1. The van der Waals surface area contributed by atoms with E-state index in [4.69, 9.17) is 21.5 Å². The number of carbonyl (C=O) groups is 1. The molecule has 3 aromatic rings. The molecule has 172 valence electrons. The summed E-state index contributed by atoms with van der Waals surface area (Å²) in [5.41, 5.74) is 1.17. The molecule has 0 saturated carbocycles. The van der Waals surface area contributed by atoms with Crippen LogP contribution in [0.3, 0.4) is 0 Å². The van der Waals surface area contributed by atoms with Gasteiger partial charge in [0, 0.05) is 30.6 Å². The quantitative estimate of drug-likeness (QED) is 0.537. The Balaban J connectivity index is 0.000000360. The van der Waals surface area contributed by atoms with Crippen LogP contribution in [-0.2, 0) is 10.5 Å². The van der Waals surface area contributed by atoms with Crippen molar-refractivity contribution < 1.29 is 23.1 Å². The number of nitrogens with zero attached hydrogens (tertiary/aromatic N) is 5. The summed E-state index contributed by atoms with van der Waals surface area (Å²) >= 11 is 7.48. The summed E-state index contributed by atoms with van der Waals surface area (Å²) in [5, 5.41) is 20.2. The predicted octanol–water partition coefficient (Wildman–Crippen LogP) is 2.79. The molecule has 1 aliphatic heterocycles. The number of pyridine rings is 1. The molecule has 0 spiro atoms. The normalized spacial score (nSPS) is 16.4. The van der Waals surface area contributed by atoms with Crippen LogP contribution in [0, 0.1) is 0 Å². The van der Waals surface area contributed by atoms with Gasteiger partial charge < -0.3 is 15.0 Å². The van der Waals surface area contributed by atoms with Crippen LogP contribution in [0.2, 0.25) is 5.02 Å². The number of alkyl halides is 3. The van der Waals surface area contributed by atoms with Gasteiger partial charge in [-0.25, -0.2) is 9.78 Å². The Labute approximate surface area is 188 Å². The minimum absolute atomic E-state index is 0.138. The highest BCUT2D eigenvalue weighted by molar-refractivity contribution is 7.98. The van der Waals surface area contributed by atoms with Gasteiger partial charge in [0.15, 0.2) is 5.16 Å². The smallest absolute Gasteiger partial charge is 0.475 e. The molecule has 0 aromatic carbocycles. The molecule has 14 heteroatoms. The first-order valence-corrected chi connectivity index (χ1v) is 10.7. The van der Waals surface area contributed by atoms with E-state index in [1.54, 1.807) is 42.5 Å². The van der Waals surface area contributed by atoms with Crippen molar-refractivity contribution in [3.63, 3.8) is 0 Å². The SMILES string of the molecule is O=C(O)C(F)(F)F.O=c1cc(CSc2nncn2C2CCCNC2)nc2ccc(Cl)cn12. The van der Waals surface area contributed by atoms with E-state index >= 15 is 0 Å². The number of carboxylic acid groups (broad SMARTS) is 1. The summed E-state index contributed by atoms with van der Waals surface area (Å²) in [4.78, 5) is 25.7. The van der Waals surface area contributed by atoms with Crippen molar-refractivity contribution in [2.45, 2.75) is 36.0 Å². The molecule has 1 saturated heterocycles. The zero-order valence-electron chi connectivity index (χ0n) is 16.4. The van der Waals surface area contributed by atoms with Crippen LogP contribution in [0.1, 0.15) is 24.6 Å². The summed E-state index contributed by atoms with van der Waals surface area (Å²) in [5.74, 6) is -2.19. The predicted molar refractivity (Wildman–Crippen MR) is 111 cm³/mol. The second-order valence-electron chi connectivity index (χ2n) is 6.77. The van der Waals surface area contributed by atoms with Crippen molar-refractivity contribution in [3.8, 4) is 0 Å². The van der Waals surface area contributed by atoms with Crippen LogP contribution in [0.5, 0.6) is 0 Å². The van der Waals surface area contributed by atoms with E-state index in [2.05, 4.69) is 25.1 Å². The molecule has 4 heterocycles. The van der Waals surface area contributed by atoms with E-state index in [9.17, 15) is 18.0 Å². The Morgan fingerprint density at radius 2 is 2.12 bits per heavy atom. The maximum absolute atomic E-state index is 12.2. The number of piperidine rings is 1. The summed E-state index contributed by atoms with van der Waals surface area (Å²) in [6, 6.07) is 5.39. The first-order chi connectivity index (χ1) is 15.1. The number of hydrogen-bond acceptors (Lipinski definition) is 7. The van der Waals surface area contributed by atoms with E-state index in [1.807, 2.05) is 0 Å². The maximum atomic E-state index is 12.2. The second kappa shape index (κ2) is 10.3. The molecule has 9 nitrogen and oxygen atoms in total. The Hall–Kier alpha value is -2.64. The average Bonchev–Trinajstić information content (AvgIpc) is 3.22. The van der Waals surface area contributed by atoms with Gasteiger partial charge in [-0.15, -0.1) is 10.2 Å². The molecule has 1 atom stereocenters. The number of hydrogen-bond donors (Lipinski definition) is 2. The summed E-state index contributed by atoms with van der Waals surface area (Å²) in [7, 11) is 0. The molecular formula is C18H18ClF3N6O3S. The number of aromatic nitrogens is 5. The van der Waals surface area contributed by atoms with Gasteiger partial charge in [-0.3, -0.25) is 9.20 Å². The number of rotatable bonds is 4. The first-order valence-electron chi connectivity index (χ1n) is 9.36. The van der Waals surface area contributed by atoms with Gasteiger partial charge in [-0.1, -0.05) is 23.4 Å². The van der Waals surface area contributed by atoms with Gasteiger partial charge in [-0.2, -0.15) is 13.2 Å². The minimum atomic E-state index is -5.08. The van der Waals surface area contributed by atoms with E-state index in [1.165, 1.54) is 4.40 Å². The second-order valence-corrected chi connectivity index (χ2v) is 8.15. The van der Waals surface area contributed by atoms with Crippen molar-refractivity contribution in [3.05, 3.63) is 51.8 Å². The van der Waals surface area contributed by atoms with Crippen LogP contribution in [0.15, 0.2) is 40.7 Å². The highest BCUT2D eigenvalue weighted by Gasteiger charge is 2.38. The Morgan fingerprint density at radius 1 is 1.38 bits per heavy atom. The number of fused-ring (bicyclic) bond motifs is 1. The van der Waals surface area contributed by atoms with Gasteiger partial charge in [0.2, 0.25) is 0 Å². The van der Waals surface area contributed by atoms with E-state index in [0.29, 0.717) is 28.2 Å². The number of nitrogens with one attached hydrogen (secondary N) is 1. The van der Waals surface area contributed by atoms with Crippen molar-refractivity contribution in [2.24, 2.45) is 0 Å². The largest absolute Gasteiger partial charge is 0.490 e. The van der Waals surface area contributed by atoms with Crippen molar-refractivity contribution in [2.75, 3.05) is 13.1 Å². The summed E-state index contributed by atoms with van der Waals surface area (Å²) in [6.07, 6.45) is 0.550. The molecule has 2 N–H and O–H groups in total. The average molecular weight is 491 g/mol. The summed E-state index contributed by atoms with van der Waals surface area (Å²) < 4.78 is 35.3. The van der Waals surface area contributed by atoms with Gasteiger partial charge >= 0.3 is 12.1 Å². The highest BCUT2D eigenvalue weighted by atomic mass is 35.5. The lowest BCUT2D eigenvalue weighted by Crippen LogP contribution is -2.31. The lowest BCUT2D eigenvalue weighted by atomic mass is 10.1. The molecule has 0 aliphatic carbocycles.